The molecule has 1 N–H and O–H groups in total. The molecule has 2 aromatic carbocycles. The first-order chi connectivity index (χ1) is 12.5. The van der Waals surface area contributed by atoms with Crippen molar-refractivity contribution >= 4 is 23.4 Å². The Balaban J connectivity index is 2.41. The van der Waals surface area contributed by atoms with E-state index in [-0.39, 0.29) is 34.3 Å². The summed E-state index contributed by atoms with van der Waals surface area (Å²) in [6, 6.07) is 7.55. The first-order valence-electron chi connectivity index (χ1n) is 7.89. The second-order valence-electron chi connectivity index (χ2n) is 6.79. The van der Waals surface area contributed by atoms with Gasteiger partial charge < -0.3 is 9.84 Å². The summed E-state index contributed by atoms with van der Waals surface area (Å²) in [5, 5.41) is 20.9. The Morgan fingerprint density at radius 3 is 2.44 bits per heavy atom. The molecule has 144 valence electrons. The molecule has 0 aromatic heterocycles. The molecule has 0 bridgehead atoms. The molecule has 0 saturated carbocycles. The van der Waals surface area contributed by atoms with Gasteiger partial charge in [0.25, 0.3) is 5.69 Å². The zero-order chi connectivity index (χ0) is 20.4. The average Bonchev–Trinajstić information content (AvgIpc) is 2.50. The van der Waals surface area contributed by atoms with Gasteiger partial charge in [-0.2, -0.15) is 0 Å². The molecule has 0 aliphatic carbocycles. The molecular weight excluding hydrogens is 379 g/mol. The molecule has 0 saturated heterocycles. The third kappa shape index (κ3) is 5.30. The predicted molar refractivity (Wildman–Crippen MR) is 97.9 cm³/mol. The summed E-state index contributed by atoms with van der Waals surface area (Å²) in [4.78, 5) is 23.3. The van der Waals surface area contributed by atoms with Gasteiger partial charge in [0.2, 0.25) is 0 Å². The number of benzene rings is 2. The molecule has 0 aliphatic rings. The zero-order valence-electron chi connectivity index (χ0n) is 14.9. The van der Waals surface area contributed by atoms with Crippen molar-refractivity contribution < 1.29 is 24.0 Å². The number of nitro benzene ring substituents is 1. The second kappa shape index (κ2) is 7.79. The van der Waals surface area contributed by atoms with Crippen LogP contribution in [0.1, 0.15) is 26.3 Å². The Labute approximate surface area is 160 Å². The lowest BCUT2D eigenvalue weighted by atomic mass is 10.0. The highest BCUT2D eigenvalue weighted by molar-refractivity contribution is 6.30. The Kier molecular flexibility index (Phi) is 5.90. The quantitative estimate of drug-likeness (QED) is 0.535. The van der Waals surface area contributed by atoms with Gasteiger partial charge in [-0.15, -0.1) is 0 Å². The van der Waals surface area contributed by atoms with E-state index >= 15 is 0 Å². The van der Waals surface area contributed by atoms with Gasteiger partial charge >= 0.3 is 6.09 Å². The Hall–Kier alpha value is -2.87. The fraction of sp³-hybridized carbons (Fsp3) is 0.278. The lowest BCUT2D eigenvalue weighted by Crippen LogP contribution is -2.44. The van der Waals surface area contributed by atoms with E-state index in [9.17, 15) is 24.4 Å². The number of nitro groups is 1. The topological polar surface area (TPSA) is 92.9 Å². The number of ether oxygens (including phenoxy) is 1. The van der Waals surface area contributed by atoms with E-state index in [1.54, 1.807) is 20.8 Å². The second-order valence-corrected chi connectivity index (χ2v) is 7.23. The minimum atomic E-state index is -1.21. The number of nitrogens with zero attached hydrogens (tertiary/aromatic N) is 2. The van der Waals surface area contributed by atoms with Gasteiger partial charge in [-0.3, -0.25) is 15.0 Å². The molecule has 2 rings (SSSR count). The van der Waals surface area contributed by atoms with E-state index in [4.69, 9.17) is 16.3 Å². The molecule has 0 fully saturated rings. The smallest absolute Gasteiger partial charge is 0.408 e. The number of hydrogen-bond donors (Lipinski definition) is 1. The summed E-state index contributed by atoms with van der Waals surface area (Å²) in [6.45, 7) is 4.84. The van der Waals surface area contributed by atoms with Crippen LogP contribution in [0.2, 0.25) is 5.02 Å². The molecule has 0 spiro atoms. The SMILES string of the molecule is CC(C)(C)N(Cc1cc(Oc2cc(F)cc(Cl)c2)ccc1[N+](=O)[O-])C(=O)O. The predicted octanol–water partition coefficient (Wildman–Crippen LogP) is 5.46. The van der Waals surface area contributed by atoms with Crippen LogP contribution in [-0.2, 0) is 6.54 Å². The van der Waals surface area contributed by atoms with Crippen LogP contribution in [0.15, 0.2) is 36.4 Å². The fourth-order valence-corrected chi connectivity index (χ4v) is 2.63. The van der Waals surface area contributed by atoms with Crippen molar-refractivity contribution in [1.82, 2.24) is 4.90 Å². The lowest BCUT2D eigenvalue weighted by Gasteiger charge is -2.33. The van der Waals surface area contributed by atoms with E-state index in [1.807, 2.05) is 0 Å². The van der Waals surface area contributed by atoms with E-state index < -0.39 is 22.4 Å². The maximum Gasteiger partial charge on any atom is 0.408 e. The number of hydrogen-bond acceptors (Lipinski definition) is 4. The van der Waals surface area contributed by atoms with Crippen LogP contribution < -0.4 is 4.74 Å². The highest BCUT2D eigenvalue weighted by atomic mass is 35.5. The van der Waals surface area contributed by atoms with Crippen LogP contribution in [0.3, 0.4) is 0 Å². The first kappa shape index (κ1) is 20.4. The van der Waals surface area contributed by atoms with Gasteiger partial charge in [0.15, 0.2) is 0 Å². The van der Waals surface area contributed by atoms with Gasteiger partial charge in [-0.1, -0.05) is 11.6 Å². The Morgan fingerprint density at radius 2 is 1.93 bits per heavy atom. The molecule has 0 heterocycles. The third-order valence-corrected chi connectivity index (χ3v) is 3.91. The summed E-state index contributed by atoms with van der Waals surface area (Å²) >= 11 is 5.79. The molecule has 0 unspecified atom stereocenters. The number of halogens is 2. The van der Waals surface area contributed by atoms with Crippen LogP contribution in [0.5, 0.6) is 11.5 Å². The van der Waals surface area contributed by atoms with Crippen molar-refractivity contribution in [2.45, 2.75) is 32.9 Å². The van der Waals surface area contributed by atoms with Gasteiger partial charge in [0, 0.05) is 22.7 Å². The standard InChI is InChI=1S/C18H18ClFN2O5/c1-18(2,3)21(17(23)24)10-11-6-14(4-5-16(11)22(25)26)27-15-8-12(19)7-13(20)9-15/h4-9H,10H2,1-3H3,(H,23,24). The van der Waals surface area contributed by atoms with Crippen LogP contribution in [0.4, 0.5) is 14.9 Å². The number of carboxylic acid groups (broad SMARTS) is 1. The van der Waals surface area contributed by atoms with Crippen molar-refractivity contribution in [3.05, 3.63) is 62.9 Å². The molecule has 0 radical (unpaired) electrons. The number of carbonyl (C=O) groups is 1. The van der Waals surface area contributed by atoms with Crippen LogP contribution in [0, 0.1) is 15.9 Å². The van der Waals surface area contributed by atoms with Gasteiger partial charge in [-0.25, -0.2) is 9.18 Å². The van der Waals surface area contributed by atoms with Crippen molar-refractivity contribution in [3.63, 3.8) is 0 Å². The van der Waals surface area contributed by atoms with Crippen LogP contribution in [0.25, 0.3) is 0 Å². The Morgan fingerprint density at radius 1 is 1.26 bits per heavy atom. The highest BCUT2D eigenvalue weighted by Crippen LogP contribution is 2.31. The normalized spacial score (nSPS) is 11.1. The summed E-state index contributed by atoms with van der Waals surface area (Å²) < 4.78 is 19.0. The van der Waals surface area contributed by atoms with Crippen molar-refractivity contribution in [3.8, 4) is 11.5 Å². The summed E-state index contributed by atoms with van der Waals surface area (Å²) in [5.74, 6) is -0.286. The van der Waals surface area contributed by atoms with Gasteiger partial charge in [-0.05, 0) is 45.0 Å². The highest BCUT2D eigenvalue weighted by Gasteiger charge is 2.29. The first-order valence-corrected chi connectivity index (χ1v) is 8.27. The van der Waals surface area contributed by atoms with E-state index in [2.05, 4.69) is 0 Å². The van der Waals surface area contributed by atoms with Crippen LogP contribution in [-0.4, -0.2) is 26.6 Å². The molecule has 2 aromatic rings. The molecule has 0 aliphatic heterocycles. The molecule has 9 heteroatoms. The zero-order valence-corrected chi connectivity index (χ0v) is 15.7. The molecule has 27 heavy (non-hydrogen) atoms. The molecule has 0 atom stereocenters. The fourth-order valence-electron chi connectivity index (χ4n) is 2.42. The lowest BCUT2D eigenvalue weighted by molar-refractivity contribution is -0.385. The summed E-state index contributed by atoms with van der Waals surface area (Å²) in [7, 11) is 0. The molecular formula is C18H18ClFN2O5. The van der Waals surface area contributed by atoms with Crippen molar-refractivity contribution in [1.29, 1.82) is 0 Å². The third-order valence-electron chi connectivity index (χ3n) is 3.69. The van der Waals surface area contributed by atoms with E-state index in [0.29, 0.717) is 0 Å². The summed E-state index contributed by atoms with van der Waals surface area (Å²) in [5.41, 5.74) is -0.862. The Bertz CT molecular complexity index is 862. The minimum absolute atomic E-state index is 0.116. The van der Waals surface area contributed by atoms with E-state index in [0.717, 1.165) is 17.0 Å². The van der Waals surface area contributed by atoms with Gasteiger partial charge in [0.05, 0.1) is 17.0 Å². The maximum absolute atomic E-state index is 13.4. The number of amides is 1. The minimum Gasteiger partial charge on any atom is -0.465 e. The number of rotatable bonds is 5. The van der Waals surface area contributed by atoms with Gasteiger partial charge in [0.1, 0.15) is 17.3 Å². The monoisotopic (exact) mass is 396 g/mol. The van der Waals surface area contributed by atoms with Crippen molar-refractivity contribution in [2.75, 3.05) is 0 Å². The molecule has 7 nitrogen and oxygen atoms in total. The maximum atomic E-state index is 13.4. The van der Waals surface area contributed by atoms with Crippen molar-refractivity contribution in [2.24, 2.45) is 0 Å². The van der Waals surface area contributed by atoms with Crippen LogP contribution >= 0.6 is 11.6 Å². The summed E-state index contributed by atoms with van der Waals surface area (Å²) in [6.07, 6.45) is -1.21. The average molecular weight is 397 g/mol. The molecule has 1 amide bonds. The van der Waals surface area contributed by atoms with E-state index in [1.165, 1.54) is 24.3 Å². The largest absolute Gasteiger partial charge is 0.465 e.